The fraction of sp³-hybridized carbons (Fsp3) is 0.941. The Morgan fingerprint density at radius 1 is 1.25 bits per heavy atom. The van der Waals surface area contributed by atoms with Crippen molar-refractivity contribution in [2.75, 3.05) is 19.6 Å². The number of aliphatic carboxylic acids is 1. The van der Waals surface area contributed by atoms with Crippen LogP contribution < -0.4 is 0 Å². The minimum absolute atomic E-state index is 0.512. The molecule has 1 saturated carbocycles. The Balaban J connectivity index is 2.81. The smallest absolute Gasteiger partial charge is 0.310 e. The zero-order valence-corrected chi connectivity index (χ0v) is 14.0. The van der Waals surface area contributed by atoms with E-state index in [0.29, 0.717) is 17.8 Å². The zero-order chi connectivity index (χ0) is 15.3. The third kappa shape index (κ3) is 5.08. The number of rotatable bonds is 7. The van der Waals surface area contributed by atoms with E-state index in [1.165, 1.54) is 6.42 Å². The minimum Gasteiger partial charge on any atom is -0.481 e. The molecule has 0 aromatic heterocycles. The van der Waals surface area contributed by atoms with Crippen molar-refractivity contribution in [2.45, 2.75) is 60.3 Å². The Kier molecular flexibility index (Phi) is 6.50. The maximum Gasteiger partial charge on any atom is 0.310 e. The number of hydrogen-bond donors (Lipinski definition) is 1. The maximum atomic E-state index is 11.9. The highest BCUT2D eigenvalue weighted by atomic mass is 16.4. The lowest BCUT2D eigenvalue weighted by Gasteiger charge is -2.41. The molecule has 0 aromatic carbocycles. The van der Waals surface area contributed by atoms with Gasteiger partial charge in [0.1, 0.15) is 0 Å². The van der Waals surface area contributed by atoms with Gasteiger partial charge in [0, 0.05) is 19.6 Å². The molecule has 0 heterocycles. The van der Waals surface area contributed by atoms with Crippen molar-refractivity contribution in [2.24, 2.45) is 23.2 Å². The Bertz CT molecular complexity index is 304. The molecule has 3 nitrogen and oxygen atoms in total. The summed E-state index contributed by atoms with van der Waals surface area (Å²) in [5.41, 5.74) is -0.512. The fourth-order valence-corrected chi connectivity index (χ4v) is 3.73. The van der Waals surface area contributed by atoms with Crippen molar-refractivity contribution >= 4 is 5.97 Å². The highest BCUT2D eigenvalue weighted by Crippen LogP contribution is 2.40. The van der Waals surface area contributed by atoms with Crippen molar-refractivity contribution in [1.29, 1.82) is 0 Å². The van der Waals surface area contributed by atoms with Gasteiger partial charge in [-0.2, -0.15) is 0 Å². The van der Waals surface area contributed by atoms with Crippen LogP contribution in [0.2, 0.25) is 0 Å². The van der Waals surface area contributed by atoms with Gasteiger partial charge in [0.25, 0.3) is 0 Å². The van der Waals surface area contributed by atoms with Gasteiger partial charge in [-0.15, -0.1) is 0 Å². The third-order valence-corrected chi connectivity index (χ3v) is 4.32. The van der Waals surface area contributed by atoms with Crippen LogP contribution in [-0.4, -0.2) is 35.6 Å². The van der Waals surface area contributed by atoms with Gasteiger partial charge in [-0.3, -0.25) is 4.79 Å². The molecule has 20 heavy (non-hydrogen) atoms. The predicted molar refractivity (Wildman–Crippen MR) is 83.8 cm³/mol. The normalized spacial score (nSPS) is 27.5. The Labute approximate surface area is 124 Å². The molecular weight excluding hydrogens is 250 g/mol. The monoisotopic (exact) mass is 283 g/mol. The molecule has 0 aliphatic heterocycles. The van der Waals surface area contributed by atoms with E-state index in [0.717, 1.165) is 38.9 Å². The molecule has 1 N–H and O–H groups in total. The Morgan fingerprint density at radius 2 is 1.80 bits per heavy atom. The van der Waals surface area contributed by atoms with Crippen LogP contribution in [0.5, 0.6) is 0 Å². The van der Waals surface area contributed by atoms with E-state index in [1.807, 2.05) is 0 Å². The number of nitrogens with zero attached hydrogens (tertiary/aromatic N) is 1. The molecule has 1 rings (SSSR count). The fourth-order valence-electron chi connectivity index (χ4n) is 3.73. The van der Waals surface area contributed by atoms with Crippen LogP contribution in [0.4, 0.5) is 0 Å². The molecule has 0 saturated heterocycles. The number of carbonyl (C=O) groups is 1. The summed E-state index contributed by atoms with van der Waals surface area (Å²) in [6.07, 6.45) is 3.93. The summed E-state index contributed by atoms with van der Waals surface area (Å²) in [7, 11) is 0. The molecule has 2 unspecified atom stereocenters. The molecule has 0 bridgehead atoms. The SMILES string of the molecule is CC(C)CN(CC(C)C)CC1(C(=O)O)CCCC(C)C1. The van der Waals surface area contributed by atoms with E-state index in [-0.39, 0.29) is 0 Å². The van der Waals surface area contributed by atoms with Crippen LogP contribution in [0.1, 0.15) is 60.3 Å². The largest absolute Gasteiger partial charge is 0.481 e. The van der Waals surface area contributed by atoms with Gasteiger partial charge in [0.15, 0.2) is 0 Å². The zero-order valence-electron chi connectivity index (χ0n) is 14.0. The Morgan fingerprint density at radius 3 is 2.20 bits per heavy atom. The minimum atomic E-state index is -0.582. The average molecular weight is 283 g/mol. The Hall–Kier alpha value is -0.570. The molecule has 3 heteroatoms. The van der Waals surface area contributed by atoms with Crippen LogP contribution in [0.15, 0.2) is 0 Å². The van der Waals surface area contributed by atoms with Crippen LogP contribution in [0, 0.1) is 23.2 Å². The standard InChI is InChI=1S/C17H33NO2/c1-13(2)10-18(11-14(3)4)12-17(16(19)20)8-6-7-15(5)9-17/h13-15H,6-12H2,1-5H3,(H,19,20). The summed E-state index contributed by atoms with van der Waals surface area (Å²) >= 11 is 0. The molecule has 0 amide bonds. The van der Waals surface area contributed by atoms with Gasteiger partial charge < -0.3 is 10.0 Å². The first-order valence-electron chi connectivity index (χ1n) is 8.21. The number of hydrogen-bond acceptors (Lipinski definition) is 2. The summed E-state index contributed by atoms with van der Waals surface area (Å²) in [4.78, 5) is 14.3. The van der Waals surface area contributed by atoms with E-state index in [2.05, 4.69) is 39.5 Å². The quantitative estimate of drug-likeness (QED) is 0.771. The van der Waals surface area contributed by atoms with Gasteiger partial charge >= 0.3 is 5.97 Å². The third-order valence-electron chi connectivity index (χ3n) is 4.32. The van der Waals surface area contributed by atoms with Crippen molar-refractivity contribution in [3.05, 3.63) is 0 Å². The molecule has 118 valence electrons. The predicted octanol–water partition coefficient (Wildman–Crippen LogP) is 3.88. The van der Waals surface area contributed by atoms with E-state index >= 15 is 0 Å². The topological polar surface area (TPSA) is 40.5 Å². The molecule has 0 spiro atoms. The van der Waals surface area contributed by atoms with Crippen molar-refractivity contribution in [1.82, 2.24) is 4.90 Å². The highest BCUT2D eigenvalue weighted by Gasteiger charge is 2.43. The number of carboxylic acids is 1. The van der Waals surface area contributed by atoms with Gasteiger partial charge in [0.2, 0.25) is 0 Å². The summed E-state index contributed by atoms with van der Waals surface area (Å²) < 4.78 is 0. The van der Waals surface area contributed by atoms with Crippen LogP contribution in [0.25, 0.3) is 0 Å². The first kappa shape index (κ1) is 17.5. The van der Waals surface area contributed by atoms with Gasteiger partial charge in [-0.25, -0.2) is 0 Å². The molecule has 1 aliphatic rings. The molecule has 2 atom stereocenters. The molecule has 0 aromatic rings. The van der Waals surface area contributed by atoms with Crippen molar-refractivity contribution in [3.8, 4) is 0 Å². The molecular formula is C17H33NO2. The van der Waals surface area contributed by atoms with Crippen LogP contribution >= 0.6 is 0 Å². The molecule has 1 fully saturated rings. The van der Waals surface area contributed by atoms with Gasteiger partial charge in [-0.05, 0) is 30.6 Å². The second-order valence-electron chi connectivity index (χ2n) is 7.77. The van der Waals surface area contributed by atoms with Crippen molar-refractivity contribution < 1.29 is 9.90 Å². The van der Waals surface area contributed by atoms with Gasteiger partial charge in [-0.1, -0.05) is 47.5 Å². The van der Waals surface area contributed by atoms with Crippen LogP contribution in [-0.2, 0) is 4.79 Å². The highest BCUT2D eigenvalue weighted by molar-refractivity contribution is 5.75. The molecule has 1 aliphatic carbocycles. The summed E-state index contributed by atoms with van der Waals surface area (Å²) in [5.74, 6) is 1.13. The average Bonchev–Trinajstić information content (AvgIpc) is 2.26. The lowest BCUT2D eigenvalue weighted by atomic mass is 9.69. The van der Waals surface area contributed by atoms with E-state index in [1.54, 1.807) is 0 Å². The van der Waals surface area contributed by atoms with Crippen LogP contribution in [0.3, 0.4) is 0 Å². The molecule has 0 radical (unpaired) electrons. The summed E-state index contributed by atoms with van der Waals surface area (Å²) in [6, 6.07) is 0. The number of carboxylic acid groups (broad SMARTS) is 1. The van der Waals surface area contributed by atoms with Gasteiger partial charge in [0.05, 0.1) is 5.41 Å². The second kappa shape index (κ2) is 7.44. The van der Waals surface area contributed by atoms with E-state index < -0.39 is 11.4 Å². The first-order chi connectivity index (χ1) is 9.25. The van der Waals surface area contributed by atoms with Crippen molar-refractivity contribution in [3.63, 3.8) is 0 Å². The first-order valence-corrected chi connectivity index (χ1v) is 8.21. The summed E-state index contributed by atoms with van der Waals surface area (Å²) in [6.45, 7) is 13.8. The summed E-state index contributed by atoms with van der Waals surface area (Å²) in [5, 5.41) is 9.80. The van der Waals surface area contributed by atoms with E-state index in [9.17, 15) is 9.90 Å². The maximum absolute atomic E-state index is 11.9. The lowest BCUT2D eigenvalue weighted by molar-refractivity contribution is -0.154. The second-order valence-corrected chi connectivity index (χ2v) is 7.77. The lowest BCUT2D eigenvalue weighted by Crippen LogP contribution is -2.47. The van der Waals surface area contributed by atoms with E-state index in [4.69, 9.17) is 0 Å².